The van der Waals surface area contributed by atoms with Crippen molar-refractivity contribution in [1.29, 1.82) is 0 Å². The fourth-order valence-electron chi connectivity index (χ4n) is 4.74. The molecule has 0 bridgehead atoms. The van der Waals surface area contributed by atoms with Gasteiger partial charge in [0.1, 0.15) is 24.4 Å². The van der Waals surface area contributed by atoms with Crippen molar-refractivity contribution in [3.8, 4) is 11.3 Å². The van der Waals surface area contributed by atoms with Gasteiger partial charge < -0.3 is 9.32 Å². The molecule has 3 nitrogen and oxygen atoms in total. The Morgan fingerprint density at radius 2 is 1.65 bits per heavy atom. The number of fused-ring (bicyclic) bond motifs is 2. The smallest absolute Gasteiger partial charge is 0.206 e. The molecule has 3 aliphatic heterocycles. The number of anilines is 1. The summed E-state index contributed by atoms with van der Waals surface area (Å²) < 4.78 is 9.01. The van der Waals surface area contributed by atoms with Gasteiger partial charge in [0.2, 0.25) is 5.36 Å². The van der Waals surface area contributed by atoms with Crippen LogP contribution in [0.4, 0.5) is 5.69 Å². The van der Waals surface area contributed by atoms with Crippen LogP contribution in [0.3, 0.4) is 0 Å². The fraction of sp³-hybridized carbons (Fsp3) is 0.435. The molecule has 0 saturated carbocycles. The molecule has 0 atom stereocenters. The maximum Gasteiger partial charge on any atom is 0.206 e. The summed E-state index contributed by atoms with van der Waals surface area (Å²) >= 11 is 0. The van der Waals surface area contributed by atoms with E-state index in [1.54, 1.807) is 0 Å². The van der Waals surface area contributed by atoms with Crippen molar-refractivity contribution < 1.29 is 4.42 Å². The van der Waals surface area contributed by atoms with Gasteiger partial charge in [0.15, 0.2) is 0 Å². The third kappa shape index (κ3) is 2.45. The first-order valence-corrected chi connectivity index (χ1v) is 10.0. The van der Waals surface area contributed by atoms with Gasteiger partial charge in [-0.1, -0.05) is 0 Å². The Kier molecular flexibility index (Phi) is 3.77. The van der Waals surface area contributed by atoms with Gasteiger partial charge in [-0.25, -0.2) is 4.58 Å². The van der Waals surface area contributed by atoms with Crippen LogP contribution in [-0.4, -0.2) is 26.2 Å². The molecule has 2 saturated heterocycles. The van der Waals surface area contributed by atoms with Crippen LogP contribution in [0.5, 0.6) is 0 Å². The number of hydrogen-bond acceptors (Lipinski definition) is 2. The lowest BCUT2D eigenvalue weighted by molar-refractivity contribution is 0.607. The number of nitrogens with zero attached hydrogens (tertiary/aromatic N) is 2. The zero-order chi connectivity index (χ0) is 17.7. The molecule has 0 amide bonds. The summed E-state index contributed by atoms with van der Waals surface area (Å²) in [6.45, 7) is 9.10. The van der Waals surface area contributed by atoms with E-state index in [0.29, 0.717) is 0 Å². The normalized spacial score (nSPS) is 17.8. The van der Waals surface area contributed by atoms with Crippen molar-refractivity contribution in [2.75, 3.05) is 31.1 Å². The zero-order valence-electron chi connectivity index (χ0n) is 15.8. The molecule has 3 heteroatoms. The molecule has 1 aromatic rings. The van der Waals surface area contributed by atoms with Gasteiger partial charge in [-0.15, -0.1) is 0 Å². The second-order valence-electron chi connectivity index (χ2n) is 7.88. The third-order valence-corrected chi connectivity index (χ3v) is 6.28. The molecule has 0 radical (unpaired) electrons. The predicted octanol–water partition coefficient (Wildman–Crippen LogP) is 4.32. The minimum atomic E-state index is 1.01. The van der Waals surface area contributed by atoms with Crippen LogP contribution in [0, 0.1) is 13.8 Å². The van der Waals surface area contributed by atoms with Gasteiger partial charge in [0, 0.05) is 54.7 Å². The Hall–Kier alpha value is -2.29. The van der Waals surface area contributed by atoms with E-state index in [0.717, 1.165) is 37.5 Å². The van der Waals surface area contributed by atoms with Crippen LogP contribution < -0.4 is 14.8 Å². The molecule has 2 fully saturated rings. The van der Waals surface area contributed by atoms with Gasteiger partial charge in [0.05, 0.1) is 5.56 Å². The first-order chi connectivity index (χ1) is 12.7. The highest BCUT2D eigenvalue weighted by atomic mass is 16.3. The number of benzene rings is 2. The van der Waals surface area contributed by atoms with Crippen LogP contribution >= 0.6 is 0 Å². The molecule has 1 aromatic carbocycles. The molecule has 0 unspecified atom stereocenters. The van der Waals surface area contributed by atoms with E-state index in [-0.39, 0.29) is 0 Å². The summed E-state index contributed by atoms with van der Waals surface area (Å²) in [5, 5.41) is 2.57. The zero-order valence-corrected chi connectivity index (χ0v) is 15.8. The Morgan fingerprint density at radius 1 is 0.885 bits per heavy atom. The summed E-state index contributed by atoms with van der Waals surface area (Å²) in [6, 6.07) is 11.3. The highest BCUT2D eigenvalue weighted by molar-refractivity contribution is 5.90. The minimum absolute atomic E-state index is 1.01. The van der Waals surface area contributed by atoms with Gasteiger partial charge >= 0.3 is 0 Å². The summed E-state index contributed by atoms with van der Waals surface area (Å²) in [6.07, 6.45) is 5.18. The average Bonchev–Trinajstić information content (AvgIpc) is 3.36. The monoisotopic (exact) mass is 347 g/mol. The van der Waals surface area contributed by atoms with Crippen LogP contribution in [0.15, 0.2) is 34.7 Å². The highest BCUT2D eigenvalue weighted by Crippen LogP contribution is 2.35. The first kappa shape index (κ1) is 15.9. The predicted molar refractivity (Wildman–Crippen MR) is 108 cm³/mol. The maximum atomic E-state index is 6.50. The molecule has 26 heavy (non-hydrogen) atoms. The topological polar surface area (TPSA) is 19.4 Å². The molecule has 5 rings (SSSR count). The average molecular weight is 347 g/mol. The molecule has 1 aliphatic carbocycles. The lowest BCUT2D eigenvalue weighted by atomic mass is 9.97. The third-order valence-electron chi connectivity index (χ3n) is 6.28. The first-order valence-electron chi connectivity index (χ1n) is 10.0. The molecule has 134 valence electrons. The van der Waals surface area contributed by atoms with E-state index >= 15 is 0 Å². The van der Waals surface area contributed by atoms with Crippen molar-refractivity contribution in [2.45, 2.75) is 39.5 Å². The summed E-state index contributed by atoms with van der Waals surface area (Å²) in [7, 11) is 0. The van der Waals surface area contributed by atoms with Gasteiger partial charge in [-0.2, -0.15) is 0 Å². The lowest BCUT2D eigenvalue weighted by Gasteiger charge is -2.19. The number of rotatable bonds is 1. The molecule has 0 spiro atoms. The maximum absolute atomic E-state index is 6.50. The minimum Gasteiger partial charge on any atom is -0.455 e. The summed E-state index contributed by atoms with van der Waals surface area (Å²) in [5.74, 6) is 1.05. The number of aryl methyl sites for hydroxylation is 1. The van der Waals surface area contributed by atoms with Gasteiger partial charge in [-0.05, 0) is 50.5 Å². The van der Waals surface area contributed by atoms with E-state index in [1.165, 1.54) is 58.8 Å². The van der Waals surface area contributed by atoms with E-state index in [2.05, 4.69) is 53.7 Å². The SMILES string of the molecule is Cc1c2oc3cc(N4CCCC4)ccc3c(C)c-2ccc1=[N+]1CCCC1. The number of hydrogen-bond donors (Lipinski definition) is 0. The Balaban J connectivity index is 1.75. The van der Waals surface area contributed by atoms with Gasteiger partial charge in [-0.3, -0.25) is 0 Å². The molecule has 4 aliphatic rings. The van der Waals surface area contributed by atoms with Crippen LogP contribution in [0.1, 0.15) is 36.8 Å². The summed E-state index contributed by atoms with van der Waals surface area (Å²) in [5.41, 5.74) is 6.16. The van der Waals surface area contributed by atoms with E-state index in [9.17, 15) is 0 Å². The van der Waals surface area contributed by atoms with Crippen LogP contribution in [-0.2, 0) is 0 Å². The van der Waals surface area contributed by atoms with Crippen molar-refractivity contribution >= 4 is 16.7 Å². The molecular formula is C23H27N2O+. The van der Waals surface area contributed by atoms with E-state index in [1.807, 2.05) is 0 Å². The standard InChI is InChI=1S/C23H27N2O/c1-16-19-8-7-18(24-11-3-4-12-24)15-22(19)26-23-17(2)21(10-9-20(16)23)25-13-5-6-14-25/h7-10,15H,3-6,11-14H2,1-2H3/q+1. The van der Waals surface area contributed by atoms with Crippen LogP contribution in [0.25, 0.3) is 22.3 Å². The van der Waals surface area contributed by atoms with Crippen LogP contribution in [0.2, 0.25) is 0 Å². The van der Waals surface area contributed by atoms with Crippen molar-refractivity contribution in [2.24, 2.45) is 0 Å². The Labute approximate surface area is 154 Å². The fourth-order valence-corrected chi connectivity index (χ4v) is 4.74. The molecule has 0 aromatic heterocycles. The Bertz CT molecular complexity index is 1020. The second kappa shape index (κ2) is 6.15. The van der Waals surface area contributed by atoms with Crippen molar-refractivity contribution in [3.63, 3.8) is 0 Å². The van der Waals surface area contributed by atoms with Gasteiger partial charge in [0.25, 0.3) is 0 Å². The molecule has 0 N–H and O–H groups in total. The lowest BCUT2D eigenvalue weighted by Crippen LogP contribution is -2.29. The quantitative estimate of drug-likeness (QED) is 0.482. The van der Waals surface area contributed by atoms with Crippen molar-refractivity contribution in [3.05, 3.63) is 46.8 Å². The highest BCUT2D eigenvalue weighted by Gasteiger charge is 2.22. The Morgan fingerprint density at radius 3 is 2.42 bits per heavy atom. The second-order valence-corrected chi connectivity index (χ2v) is 7.88. The molecule has 3 heterocycles. The summed E-state index contributed by atoms with van der Waals surface area (Å²) in [4.78, 5) is 2.47. The molecular weight excluding hydrogens is 320 g/mol. The largest absolute Gasteiger partial charge is 0.455 e. The van der Waals surface area contributed by atoms with Crippen molar-refractivity contribution in [1.82, 2.24) is 4.58 Å². The van der Waals surface area contributed by atoms with E-state index < -0.39 is 0 Å². The van der Waals surface area contributed by atoms with E-state index in [4.69, 9.17) is 4.42 Å².